The summed E-state index contributed by atoms with van der Waals surface area (Å²) >= 11 is 7.08. The van der Waals surface area contributed by atoms with Crippen LogP contribution >= 0.6 is 31.9 Å². The van der Waals surface area contributed by atoms with Crippen molar-refractivity contribution < 1.29 is 14.3 Å². The summed E-state index contributed by atoms with van der Waals surface area (Å²) < 4.78 is 13.1. The highest BCUT2D eigenvalue weighted by Gasteiger charge is 2.65. The normalized spacial score (nSPS) is 34.0. The Balaban J connectivity index is 1.66. The van der Waals surface area contributed by atoms with E-state index in [0.29, 0.717) is 18.4 Å². The molecule has 1 unspecified atom stereocenters. The summed E-state index contributed by atoms with van der Waals surface area (Å²) in [5, 5.41) is 0. The van der Waals surface area contributed by atoms with Crippen molar-refractivity contribution in [1.82, 2.24) is 0 Å². The zero-order valence-corrected chi connectivity index (χ0v) is 13.9. The summed E-state index contributed by atoms with van der Waals surface area (Å²) in [6.07, 6.45) is 1.87. The maximum Gasteiger partial charge on any atom is 0.330 e. The topological polar surface area (TPSA) is 35.5 Å². The van der Waals surface area contributed by atoms with Crippen LogP contribution in [0.15, 0.2) is 32.7 Å². The number of benzene rings is 1. The SMILES string of the molecule is CCOC(=O)C=C1C2[C@@H]3O[C@@H](c4cc(Br)c(Br)cc43)[C@H]12. The minimum absolute atomic E-state index is 0.102. The molecule has 2 fully saturated rings. The molecule has 0 radical (unpaired) electrons. The number of carbonyl (C=O) groups is 1. The molecule has 0 N–H and O–H groups in total. The summed E-state index contributed by atoms with van der Waals surface area (Å²) in [5.74, 6) is 0.498. The number of hydrogen-bond donors (Lipinski definition) is 0. The number of carbonyl (C=O) groups excluding carboxylic acids is 1. The zero-order chi connectivity index (χ0) is 14.0. The van der Waals surface area contributed by atoms with Crippen LogP contribution in [0.2, 0.25) is 0 Å². The van der Waals surface area contributed by atoms with Gasteiger partial charge in [-0.25, -0.2) is 4.79 Å². The first kappa shape index (κ1) is 13.0. The predicted molar refractivity (Wildman–Crippen MR) is 80.1 cm³/mol. The van der Waals surface area contributed by atoms with Gasteiger partial charge in [-0.1, -0.05) is 0 Å². The summed E-state index contributed by atoms with van der Waals surface area (Å²) in [5.41, 5.74) is 3.69. The van der Waals surface area contributed by atoms with Gasteiger partial charge < -0.3 is 9.47 Å². The zero-order valence-electron chi connectivity index (χ0n) is 10.7. The molecule has 0 spiro atoms. The molecule has 0 amide bonds. The number of ether oxygens (including phenoxy) is 2. The highest BCUT2D eigenvalue weighted by atomic mass is 79.9. The first-order valence-corrected chi connectivity index (χ1v) is 8.23. The van der Waals surface area contributed by atoms with Crippen LogP contribution in [-0.2, 0) is 14.3 Å². The van der Waals surface area contributed by atoms with Crippen LogP contribution in [0.1, 0.15) is 30.3 Å². The van der Waals surface area contributed by atoms with Crippen LogP contribution in [0.25, 0.3) is 0 Å². The van der Waals surface area contributed by atoms with Crippen LogP contribution in [0.4, 0.5) is 0 Å². The molecule has 1 aromatic carbocycles. The maximum absolute atomic E-state index is 11.6. The number of halogens is 2. The highest BCUT2D eigenvalue weighted by molar-refractivity contribution is 9.13. The maximum atomic E-state index is 11.6. The number of fused-ring (bicyclic) bond motifs is 8. The molecule has 1 saturated heterocycles. The Morgan fingerprint density at radius 1 is 1.25 bits per heavy atom. The molecule has 104 valence electrons. The summed E-state index contributed by atoms with van der Waals surface area (Å²) in [4.78, 5) is 11.6. The van der Waals surface area contributed by atoms with Crippen LogP contribution in [0, 0.1) is 11.8 Å². The van der Waals surface area contributed by atoms with E-state index >= 15 is 0 Å². The van der Waals surface area contributed by atoms with Gasteiger partial charge in [0.2, 0.25) is 0 Å². The number of rotatable bonds is 2. The molecule has 0 aromatic heterocycles. The third kappa shape index (κ3) is 1.69. The molecule has 1 aromatic rings. The lowest BCUT2D eigenvalue weighted by Crippen LogP contribution is -2.01. The van der Waals surface area contributed by atoms with Crippen molar-refractivity contribution in [2.45, 2.75) is 19.1 Å². The van der Waals surface area contributed by atoms with Crippen LogP contribution in [0.3, 0.4) is 0 Å². The molecule has 4 atom stereocenters. The Morgan fingerprint density at radius 3 is 2.30 bits per heavy atom. The molecule has 1 aliphatic carbocycles. The molecule has 2 bridgehead atoms. The van der Waals surface area contributed by atoms with Gasteiger partial charge in [0.05, 0.1) is 18.8 Å². The van der Waals surface area contributed by atoms with Gasteiger partial charge >= 0.3 is 5.97 Å². The lowest BCUT2D eigenvalue weighted by Gasteiger charge is -2.11. The lowest BCUT2D eigenvalue weighted by molar-refractivity contribution is -0.137. The van der Waals surface area contributed by atoms with E-state index in [1.54, 1.807) is 6.08 Å². The smallest absolute Gasteiger partial charge is 0.330 e. The Bertz CT molecular complexity index is 610. The van der Waals surface area contributed by atoms with E-state index in [1.807, 2.05) is 6.92 Å². The molecule has 3 nitrogen and oxygen atoms in total. The Kier molecular flexibility index (Phi) is 2.88. The fourth-order valence-electron chi connectivity index (χ4n) is 3.50. The van der Waals surface area contributed by atoms with Gasteiger partial charge in [0.15, 0.2) is 0 Å². The minimum Gasteiger partial charge on any atom is -0.463 e. The van der Waals surface area contributed by atoms with Crippen molar-refractivity contribution in [2.75, 3.05) is 6.61 Å². The van der Waals surface area contributed by atoms with Crippen molar-refractivity contribution in [1.29, 1.82) is 0 Å². The fraction of sp³-hybridized carbons (Fsp3) is 0.400. The molecular weight excluding hydrogens is 388 g/mol. The van der Waals surface area contributed by atoms with Crippen molar-refractivity contribution in [3.63, 3.8) is 0 Å². The third-order valence-corrected chi connectivity index (χ3v) is 6.15. The average Bonchev–Trinajstić information content (AvgIpc) is 2.81. The first-order valence-electron chi connectivity index (χ1n) is 6.64. The van der Waals surface area contributed by atoms with E-state index in [4.69, 9.17) is 9.47 Å². The average molecular weight is 400 g/mol. The summed E-state index contributed by atoms with van der Waals surface area (Å²) in [7, 11) is 0. The van der Waals surface area contributed by atoms with Crippen LogP contribution < -0.4 is 0 Å². The van der Waals surface area contributed by atoms with Crippen molar-refractivity contribution >= 4 is 37.8 Å². The van der Waals surface area contributed by atoms with E-state index in [2.05, 4.69) is 44.0 Å². The molecule has 2 heterocycles. The summed E-state index contributed by atoms with van der Waals surface area (Å²) in [6.45, 7) is 2.24. The standard InChI is InChI=1S/C15H12Br2O3/c1-2-19-11(18)5-8-12-13(8)15-7-4-10(17)9(16)3-6(7)14(12)20-15/h3-5,12-15H,2H2,1H3/t12-,13?,14+,15-/m1/s1. The molecule has 4 rings (SSSR count). The van der Waals surface area contributed by atoms with E-state index in [1.165, 1.54) is 16.7 Å². The minimum atomic E-state index is -0.234. The molecular formula is C15H12Br2O3. The summed E-state index contributed by atoms with van der Waals surface area (Å²) in [6, 6.07) is 4.25. The fourth-order valence-corrected chi connectivity index (χ4v) is 4.22. The van der Waals surface area contributed by atoms with E-state index in [9.17, 15) is 4.79 Å². The van der Waals surface area contributed by atoms with Gasteiger partial charge in [0.1, 0.15) is 0 Å². The largest absolute Gasteiger partial charge is 0.463 e. The van der Waals surface area contributed by atoms with Gasteiger partial charge in [-0.05, 0) is 67.6 Å². The van der Waals surface area contributed by atoms with Crippen LogP contribution in [0.5, 0.6) is 0 Å². The van der Waals surface area contributed by atoms with Gasteiger partial charge in [-0.15, -0.1) is 0 Å². The molecule has 1 saturated carbocycles. The Hall–Kier alpha value is -0.650. The first-order chi connectivity index (χ1) is 9.61. The molecule has 5 heteroatoms. The second kappa shape index (κ2) is 4.42. The van der Waals surface area contributed by atoms with Gasteiger partial charge in [0, 0.05) is 26.9 Å². The highest BCUT2D eigenvalue weighted by Crippen LogP contribution is 2.72. The van der Waals surface area contributed by atoms with Gasteiger partial charge in [0.25, 0.3) is 0 Å². The van der Waals surface area contributed by atoms with Crippen molar-refractivity contribution in [2.24, 2.45) is 11.8 Å². The van der Waals surface area contributed by atoms with Crippen molar-refractivity contribution in [3.05, 3.63) is 43.9 Å². The molecule has 3 aliphatic rings. The van der Waals surface area contributed by atoms with Gasteiger partial charge in [-0.2, -0.15) is 0 Å². The van der Waals surface area contributed by atoms with Gasteiger partial charge in [-0.3, -0.25) is 0 Å². The van der Waals surface area contributed by atoms with Crippen molar-refractivity contribution in [3.8, 4) is 0 Å². The second-order valence-corrected chi connectivity index (χ2v) is 7.03. The Morgan fingerprint density at radius 2 is 1.80 bits per heavy atom. The van der Waals surface area contributed by atoms with Crippen LogP contribution in [-0.4, -0.2) is 12.6 Å². The lowest BCUT2D eigenvalue weighted by atomic mass is 9.92. The molecule has 20 heavy (non-hydrogen) atoms. The predicted octanol–water partition coefficient (Wildman–Crippen LogP) is 4.07. The van der Waals surface area contributed by atoms with E-state index < -0.39 is 0 Å². The monoisotopic (exact) mass is 398 g/mol. The quantitative estimate of drug-likeness (QED) is 0.555. The molecule has 2 aliphatic heterocycles. The number of esters is 1. The number of hydrogen-bond acceptors (Lipinski definition) is 3. The third-order valence-electron chi connectivity index (χ3n) is 4.30. The van der Waals surface area contributed by atoms with E-state index in [-0.39, 0.29) is 18.2 Å². The van der Waals surface area contributed by atoms with E-state index in [0.717, 1.165) is 8.95 Å². The second-order valence-electron chi connectivity index (χ2n) is 5.32. The Labute approximate surface area is 133 Å².